The van der Waals surface area contributed by atoms with E-state index in [1.807, 2.05) is 7.05 Å². The largest absolute Gasteiger partial charge is 0.348 e. The van der Waals surface area contributed by atoms with Crippen LogP contribution in [0.15, 0.2) is 0 Å². The zero-order valence-corrected chi connectivity index (χ0v) is 11.4. The van der Waals surface area contributed by atoms with Crippen LogP contribution in [0.25, 0.3) is 0 Å². The monoisotopic (exact) mass is 227 g/mol. The summed E-state index contributed by atoms with van der Waals surface area (Å²) in [6.45, 7) is 5.50. The van der Waals surface area contributed by atoms with E-state index in [1.165, 1.54) is 44.9 Å². The molecule has 0 unspecified atom stereocenters. The molecule has 0 aliphatic heterocycles. The Kier molecular flexibility index (Phi) is 10.6. The molecule has 1 amide bonds. The molecule has 96 valence electrons. The lowest BCUT2D eigenvalue weighted by Gasteiger charge is -2.09. The predicted octanol–water partition coefficient (Wildman–Crippen LogP) is 3.85. The fourth-order valence-electron chi connectivity index (χ4n) is 1.85. The van der Waals surface area contributed by atoms with E-state index in [0.717, 1.165) is 25.3 Å². The van der Waals surface area contributed by atoms with Crippen LogP contribution in [0.5, 0.6) is 0 Å². The number of carbonyl (C=O) groups excluding carboxylic acids is 1. The van der Waals surface area contributed by atoms with Crippen molar-refractivity contribution in [2.75, 3.05) is 13.6 Å². The number of amides is 1. The Morgan fingerprint density at radius 1 is 0.938 bits per heavy atom. The van der Waals surface area contributed by atoms with Crippen LogP contribution in [-0.4, -0.2) is 24.9 Å². The van der Waals surface area contributed by atoms with Crippen LogP contribution < -0.4 is 0 Å². The summed E-state index contributed by atoms with van der Waals surface area (Å²) in [5.41, 5.74) is 0. The molecule has 0 aromatic rings. The number of carbonyl (C=O) groups is 1. The molecule has 0 N–H and O–H groups in total. The summed E-state index contributed by atoms with van der Waals surface area (Å²) < 4.78 is 0. The second kappa shape index (κ2) is 11.0. The summed E-state index contributed by atoms with van der Waals surface area (Å²) in [6.07, 6.45) is 11.6. The summed E-state index contributed by atoms with van der Waals surface area (Å²) in [5.74, 6) is 0.860. The van der Waals surface area contributed by atoms with Crippen LogP contribution in [0.4, 0.5) is 0 Å². The summed E-state index contributed by atoms with van der Waals surface area (Å²) in [5, 5.41) is 0. The molecule has 16 heavy (non-hydrogen) atoms. The Morgan fingerprint density at radius 3 is 1.94 bits per heavy atom. The summed E-state index contributed by atoms with van der Waals surface area (Å²) >= 11 is 0. The molecule has 0 heterocycles. The molecule has 0 bridgehead atoms. The van der Waals surface area contributed by atoms with Crippen LogP contribution >= 0.6 is 0 Å². The van der Waals surface area contributed by atoms with Gasteiger partial charge < -0.3 is 4.90 Å². The van der Waals surface area contributed by atoms with Crippen molar-refractivity contribution < 1.29 is 4.79 Å². The van der Waals surface area contributed by atoms with Crippen LogP contribution in [0.2, 0.25) is 0 Å². The molecular weight excluding hydrogens is 198 g/mol. The first-order valence-electron chi connectivity index (χ1n) is 6.82. The minimum absolute atomic E-state index is 0.860. The van der Waals surface area contributed by atoms with Crippen LogP contribution in [0.3, 0.4) is 0 Å². The van der Waals surface area contributed by atoms with Gasteiger partial charge in [0.15, 0.2) is 0 Å². The molecule has 0 fully saturated rings. The quantitative estimate of drug-likeness (QED) is 0.388. The molecule has 0 aliphatic rings. The Balaban J connectivity index is 3.01. The molecule has 0 saturated heterocycles. The summed E-state index contributed by atoms with van der Waals surface area (Å²) in [4.78, 5) is 12.0. The van der Waals surface area contributed by atoms with E-state index in [9.17, 15) is 4.79 Å². The van der Waals surface area contributed by atoms with Gasteiger partial charge in [-0.15, -0.1) is 0 Å². The van der Waals surface area contributed by atoms with Crippen molar-refractivity contribution in [3.8, 4) is 0 Å². The molecule has 0 atom stereocenters. The van der Waals surface area contributed by atoms with Gasteiger partial charge in [-0.1, -0.05) is 58.8 Å². The highest BCUT2D eigenvalue weighted by Gasteiger charge is 1.96. The number of rotatable bonds is 11. The SMILES string of the molecule is CC(C)CCCCCCCCCN(C)C=O. The maximum Gasteiger partial charge on any atom is 0.209 e. The van der Waals surface area contributed by atoms with Gasteiger partial charge in [-0.3, -0.25) is 4.79 Å². The Bertz CT molecular complexity index is 157. The van der Waals surface area contributed by atoms with Crippen molar-refractivity contribution in [2.24, 2.45) is 5.92 Å². The van der Waals surface area contributed by atoms with E-state index in [0.29, 0.717) is 0 Å². The van der Waals surface area contributed by atoms with Crippen molar-refractivity contribution >= 4 is 6.41 Å². The van der Waals surface area contributed by atoms with E-state index < -0.39 is 0 Å². The van der Waals surface area contributed by atoms with Crippen LogP contribution in [0, 0.1) is 5.92 Å². The van der Waals surface area contributed by atoms with Gasteiger partial charge in [-0.25, -0.2) is 0 Å². The van der Waals surface area contributed by atoms with Crippen molar-refractivity contribution in [2.45, 2.75) is 65.2 Å². The molecular formula is C14H29NO. The lowest BCUT2D eigenvalue weighted by atomic mass is 10.0. The maximum atomic E-state index is 10.3. The lowest BCUT2D eigenvalue weighted by molar-refractivity contribution is -0.117. The van der Waals surface area contributed by atoms with Crippen molar-refractivity contribution in [1.29, 1.82) is 0 Å². The number of hydrogen-bond donors (Lipinski definition) is 0. The van der Waals surface area contributed by atoms with E-state index in [4.69, 9.17) is 0 Å². The number of unbranched alkanes of at least 4 members (excludes halogenated alkanes) is 6. The molecule has 0 rings (SSSR count). The minimum Gasteiger partial charge on any atom is -0.348 e. The fraction of sp³-hybridized carbons (Fsp3) is 0.929. The van der Waals surface area contributed by atoms with Gasteiger partial charge in [-0.05, 0) is 12.3 Å². The normalized spacial score (nSPS) is 10.8. The number of nitrogens with zero attached hydrogens (tertiary/aromatic N) is 1. The Hall–Kier alpha value is -0.530. The van der Waals surface area contributed by atoms with Gasteiger partial charge in [0.2, 0.25) is 6.41 Å². The van der Waals surface area contributed by atoms with E-state index in [1.54, 1.807) is 4.90 Å². The topological polar surface area (TPSA) is 20.3 Å². The standard InChI is InChI=1S/C14H29NO/c1-14(2)11-9-7-5-4-6-8-10-12-15(3)13-16/h13-14H,4-12H2,1-3H3. The van der Waals surface area contributed by atoms with Crippen LogP contribution in [-0.2, 0) is 4.79 Å². The van der Waals surface area contributed by atoms with Gasteiger partial charge in [-0.2, -0.15) is 0 Å². The molecule has 0 aromatic heterocycles. The second-order valence-corrected chi connectivity index (χ2v) is 5.24. The first kappa shape index (κ1) is 15.5. The van der Waals surface area contributed by atoms with Crippen molar-refractivity contribution in [1.82, 2.24) is 4.90 Å². The van der Waals surface area contributed by atoms with Gasteiger partial charge in [0, 0.05) is 13.6 Å². The summed E-state index contributed by atoms with van der Waals surface area (Å²) in [6, 6.07) is 0. The van der Waals surface area contributed by atoms with Crippen molar-refractivity contribution in [3.05, 3.63) is 0 Å². The van der Waals surface area contributed by atoms with E-state index >= 15 is 0 Å². The average Bonchev–Trinajstić information content (AvgIpc) is 2.26. The molecule has 0 aromatic carbocycles. The molecule has 2 heteroatoms. The second-order valence-electron chi connectivity index (χ2n) is 5.24. The maximum absolute atomic E-state index is 10.3. The lowest BCUT2D eigenvalue weighted by Crippen LogP contribution is -2.16. The molecule has 0 spiro atoms. The third-order valence-corrected chi connectivity index (χ3v) is 2.97. The Labute approximate surface area is 101 Å². The third kappa shape index (κ3) is 11.5. The Morgan fingerprint density at radius 2 is 1.44 bits per heavy atom. The summed E-state index contributed by atoms with van der Waals surface area (Å²) in [7, 11) is 1.85. The highest BCUT2D eigenvalue weighted by molar-refractivity contribution is 5.46. The fourth-order valence-corrected chi connectivity index (χ4v) is 1.85. The zero-order chi connectivity index (χ0) is 12.2. The molecule has 0 aliphatic carbocycles. The number of hydrogen-bond acceptors (Lipinski definition) is 1. The zero-order valence-electron chi connectivity index (χ0n) is 11.4. The first-order valence-corrected chi connectivity index (χ1v) is 6.82. The smallest absolute Gasteiger partial charge is 0.209 e. The van der Waals surface area contributed by atoms with Crippen molar-refractivity contribution in [3.63, 3.8) is 0 Å². The van der Waals surface area contributed by atoms with Crippen LogP contribution in [0.1, 0.15) is 65.2 Å². The third-order valence-electron chi connectivity index (χ3n) is 2.97. The molecule has 0 radical (unpaired) electrons. The van der Waals surface area contributed by atoms with Gasteiger partial charge >= 0.3 is 0 Å². The van der Waals surface area contributed by atoms with Gasteiger partial charge in [0.05, 0.1) is 0 Å². The minimum atomic E-state index is 0.860. The predicted molar refractivity (Wildman–Crippen MR) is 70.5 cm³/mol. The molecule has 0 saturated carbocycles. The van der Waals surface area contributed by atoms with E-state index in [-0.39, 0.29) is 0 Å². The van der Waals surface area contributed by atoms with Gasteiger partial charge in [0.25, 0.3) is 0 Å². The first-order chi connectivity index (χ1) is 7.66. The van der Waals surface area contributed by atoms with E-state index in [2.05, 4.69) is 13.8 Å². The average molecular weight is 227 g/mol. The highest BCUT2D eigenvalue weighted by Crippen LogP contribution is 2.11. The molecule has 2 nitrogen and oxygen atoms in total. The van der Waals surface area contributed by atoms with Gasteiger partial charge in [0.1, 0.15) is 0 Å². The highest BCUT2D eigenvalue weighted by atomic mass is 16.1.